The van der Waals surface area contributed by atoms with Crippen LogP contribution in [0.2, 0.25) is 0 Å². The van der Waals surface area contributed by atoms with Gasteiger partial charge in [0.2, 0.25) is 5.91 Å². The van der Waals surface area contributed by atoms with E-state index in [2.05, 4.69) is 15.2 Å². The third kappa shape index (κ3) is 4.31. The lowest BCUT2D eigenvalue weighted by atomic mass is 10.3. The van der Waals surface area contributed by atoms with E-state index in [9.17, 15) is 13.2 Å². The van der Waals surface area contributed by atoms with Crippen molar-refractivity contribution in [2.45, 2.75) is 19.3 Å². The smallest absolute Gasteiger partial charge is 0.282 e. The molecule has 0 unspecified atom stereocenters. The first-order valence-corrected chi connectivity index (χ1v) is 10.5. The molecule has 3 heterocycles. The number of nitrogens with one attached hydrogen (secondary N) is 1. The minimum absolute atomic E-state index is 0.0583. The quantitative estimate of drug-likeness (QED) is 0.782. The zero-order valence-electron chi connectivity index (χ0n) is 13.6. The topological polar surface area (TPSA) is 85.9 Å². The van der Waals surface area contributed by atoms with E-state index in [0.717, 1.165) is 12.8 Å². The molecule has 0 saturated carbocycles. The average molecular weight is 374 g/mol. The molecule has 0 aliphatic carbocycles. The van der Waals surface area contributed by atoms with Crippen molar-refractivity contribution in [3.8, 4) is 0 Å². The summed E-state index contributed by atoms with van der Waals surface area (Å²) in [6.07, 6.45) is 3.94. The highest BCUT2D eigenvalue weighted by Gasteiger charge is 2.33. The lowest BCUT2D eigenvalue weighted by Crippen LogP contribution is -2.52. The fourth-order valence-corrected chi connectivity index (χ4v) is 5.21. The first-order valence-electron chi connectivity index (χ1n) is 8.22. The summed E-state index contributed by atoms with van der Waals surface area (Å²) in [5.74, 6) is -0.0583. The Labute approximate surface area is 146 Å². The Bertz CT molecular complexity index is 635. The molecule has 2 fully saturated rings. The summed E-state index contributed by atoms with van der Waals surface area (Å²) in [6.45, 7) is 4.23. The van der Waals surface area contributed by atoms with E-state index in [1.807, 2.05) is 5.38 Å². The van der Waals surface area contributed by atoms with Crippen LogP contribution in [0.15, 0.2) is 11.6 Å². The standard InChI is InChI=1S/C14H23N5O3S2/c20-13(16-14-15-4-12-23-14)3-7-17-8-10-19(11-9-17)24(21,22)18-5-1-2-6-18/h4,12H,1-3,5-11H2,(H,15,16,20). The number of rotatable bonds is 6. The van der Waals surface area contributed by atoms with E-state index in [-0.39, 0.29) is 5.91 Å². The van der Waals surface area contributed by atoms with Gasteiger partial charge in [0, 0.05) is 63.8 Å². The summed E-state index contributed by atoms with van der Waals surface area (Å²) < 4.78 is 28.2. The van der Waals surface area contributed by atoms with Crippen molar-refractivity contribution in [1.82, 2.24) is 18.5 Å². The lowest BCUT2D eigenvalue weighted by Gasteiger charge is -2.35. The summed E-state index contributed by atoms with van der Waals surface area (Å²) in [6, 6.07) is 0. The van der Waals surface area contributed by atoms with Crippen molar-refractivity contribution < 1.29 is 13.2 Å². The highest BCUT2D eigenvalue weighted by molar-refractivity contribution is 7.86. The van der Waals surface area contributed by atoms with Gasteiger partial charge < -0.3 is 10.2 Å². The van der Waals surface area contributed by atoms with Crippen LogP contribution in [0, 0.1) is 0 Å². The largest absolute Gasteiger partial charge is 0.302 e. The molecule has 134 valence electrons. The Balaban J connectivity index is 1.41. The second kappa shape index (κ2) is 7.87. The van der Waals surface area contributed by atoms with Gasteiger partial charge in [0.15, 0.2) is 5.13 Å². The van der Waals surface area contributed by atoms with Crippen molar-refractivity contribution in [2.24, 2.45) is 0 Å². The van der Waals surface area contributed by atoms with E-state index in [4.69, 9.17) is 0 Å². The molecule has 1 aromatic rings. The van der Waals surface area contributed by atoms with E-state index in [1.165, 1.54) is 11.3 Å². The van der Waals surface area contributed by atoms with Gasteiger partial charge in [0.25, 0.3) is 10.2 Å². The van der Waals surface area contributed by atoms with Crippen LogP contribution in [0.4, 0.5) is 5.13 Å². The number of carbonyl (C=O) groups is 1. The minimum atomic E-state index is -3.30. The second-order valence-electron chi connectivity index (χ2n) is 5.99. The molecule has 0 spiro atoms. The number of hydrogen-bond acceptors (Lipinski definition) is 6. The molecule has 2 saturated heterocycles. The lowest BCUT2D eigenvalue weighted by molar-refractivity contribution is -0.116. The van der Waals surface area contributed by atoms with Crippen LogP contribution >= 0.6 is 11.3 Å². The molecular weight excluding hydrogens is 350 g/mol. The van der Waals surface area contributed by atoms with Gasteiger partial charge in [0.1, 0.15) is 0 Å². The Kier molecular flexibility index (Phi) is 5.82. The molecule has 2 aliphatic heterocycles. The zero-order valence-corrected chi connectivity index (χ0v) is 15.2. The van der Waals surface area contributed by atoms with Gasteiger partial charge >= 0.3 is 0 Å². The number of carbonyl (C=O) groups excluding carboxylic acids is 1. The van der Waals surface area contributed by atoms with Crippen LogP contribution in [-0.2, 0) is 15.0 Å². The molecule has 0 aromatic carbocycles. The molecule has 8 nitrogen and oxygen atoms in total. The normalized spacial score (nSPS) is 21.2. The Hall–Kier alpha value is -1.07. The van der Waals surface area contributed by atoms with Gasteiger partial charge in [-0.05, 0) is 12.8 Å². The van der Waals surface area contributed by atoms with Gasteiger partial charge in [-0.2, -0.15) is 17.0 Å². The summed E-state index contributed by atoms with van der Waals surface area (Å²) in [4.78, 5) is 18.0. The summed E-state index contributed by atoms with van der Waals surface area (Å²) in [5, 5.41) is 5.19. The maximum atomic E-state index is 12.5. The molecule has 0 atom stereocenters. The maximum absolute atomic E-state index is 12.5. The number of piperazine rings is 1. The van der Waals surface area contributed by atoms with E-state index >= 15 is 0 Å². The summed E-state index contributed by atoms with van der Waals surface area (Å²) in [5.41, 5.74) is 0. The van der Waals surface area contributed by atoms with Crippen LogP contribution < -0.4 is 5.32 Å². The molecule has 3 rings (SSSR count). The fourth-order valence-electron chi connectivity index (χ4n) is 2.99. The number of thiazole rings is 1. The second-order valence-corrected chi connectivity index (χ2v) is 8.81. The van der Waals surface area contributed by atoms with Gasteiger partial charge in [-0.1, -0.05) is 0 Å². The van der Waals surface area contributed by atoms with Crippen LogP contribution in [0.5, 0.6) is 0 Å². The van der Waals surface area contributed by atoms with Crippen LogP contribution in [0.25, 0.3) is 0 Å². The predicted molar refractivity (Wildman–Crippen MR) is 93.1 cm³/mol. The Morgan fingerprint density at radius 1 is 1.12 bits per heavy atom. The molecule has 1 N–H and O–H groups in total. The third-order valence-corrected chi connectivity index (χ3v) is 7.11. The molecule has 0 bridgehead atoms. The predicted octanol–water partition coefficient (Wildman–Crippen LogP) is 0.430. The van der Waals surface area contributed by atoms with E-state index in [1.54, 1.807) is 14.8 Å². The van der Waals surface area contributed by atoms with Gasteiger partial charge in [0.05, 0.1) is 0 Å². The molecule has 1 amide bonds. The number of nitrogens with zero attached hydrogens (tertiary/aromatic N) is 4. The zero-order chi connectivity index (χ0) is 17.0. The summed E-state index contributed by atoms with van der Waals surface area (Å²) in [7, 11) is -3.30. The number of hydrogen-bond donors (Lipinski definition) is 1. The fraction of sp³-hybridized carbons (Fsp3) is 0.714. The highest BCUT2D eigenvalue weighted by Crippen LogP contribution is 2.18. The minimum Gasteiger partial charge on any atom is -0.302 e. The van der Waals surface area contributed by atoms with E-state index < -0.39 is 10.2 Å². The van der Waals surface area contributed by atoms with Crippen LogP contribution in [0.1, 0.15) is 19.3 Å². The number of anilines is 1. The van der Waals surface area contributed by atoms with Gasteiger partial charge in [-0.25, -0.2) is 4.98 Å². The maximum Gasteiger partial charge on any atom is 0.282 e. The molecule has 1 aromatic heterocycles. The monoisotopic (exact) mass is 373 g/mol. The van der Waals surface area contributed by atoms with Crippen molar-refractivity contribution in [2.75, 3.05) is 51.1 Å². The van der Waals surface area contributed by atoms with Crippen molar-refractivity contribution >= 4 is 32.6 Å². The van der Waals surface area contributed by atoms with Crippen molar-refractivity contribution in [3.05, 3.63) is 11.6 Å². The first kappa shape index (κ1) is 17.7. The molecule has 10 heteroatoms. The Morgan fingerprint density at radius 2 is 1.79 bits per heavy atom. The first-order chi connectivity index (χ1) is 11.6. The number of aromatic nitrogens is 1. The highest BCUT2D eigenvalue weighted by atomic mass is 32.2. The average Bonchev–Trinajstić information content (AvgIpc) is 3.27. The van der Waals surface area contributed by atoms with Crippen LogP contribution in [0.3, 0.4) is 0 Å². The van der Waals surface area contributed by atoms with Crippen molar-refractivity contribution in [3.63, 3.8) is 0 Å². The molecule has 0 radical (unpaired) electrons. The third-order valence-electron chi connectivity index (χ3n) is 4.38. The van der Waals surface area contributed by atoms with Crippen molar-refractivity contribution in [1.29, 1.82) is 0 Å². The van der Waals surface area contributed by atoms with Crippen LogP contribution in [-0.4, -0.2) is 78.6 Å². The molecule has 24 heavy (non-hydrogen) atoms. The summed E-state index contributed by atoms with van der Waals surface area (Å²) >= 11 is 1.39. The molecule has 2 aliphatic rings. The SMILES string of the molecule is O=C(CCN1CCN(S(=O)(=O)N2CCCC2)CC1)Nc1nccs1. The number of amides is 1. The van der Waals surface area contributed by atoms with Gasteiger partial charge in [-0.3, -0.25) is 4.79 Å². The van der Waals surface area contributed by atoms with Gasteiger partial charge in [-0.15, -0.1) is 11.3 Å². The molecular formula is C14H23N5O3S2. The van der Waals surface area contributed by atoms with E-state index in [0.29, 0.717) is 57.4 Å². The Morgan fingerprint density at radius 3 is 2.42 bits per heavy atom.